The Morgan fingerprint density at radius 1 is 1.15 bits per heavy atom. The first-order chi connectivity index (χ1) is 12.9. The fourth-order valence-electron chi connectivity index (χ4n) is 2.78. The first-order valence-corrected chi connectivity index (χ1v) is 8.66. The summed E-state index contributed by atoms with van der Waals surface area (Å²) in [5, 5.41) is 3.48. The number of hydrogen-bond acceptors (Lipinski definition) is 4. The maximum Gasteiger partial charge on any atom is 0.338 e. The lowest BCUT2D eigenvalue weighted by atomic mass is 10.1. The van der Waals surface area contributed by atoms with Crippen molar-refractivity contribution in [3.05, 3.63) is 75.0 Å². The number of anilines is 1. The molecule has 1 heterocycles. The molecule has 3 aromatic rings. The largest absolute Gasteiger partial charge is 0.462 e. The van der Waals surface area contributed by atoms with Gasteiger partial charge in [0.25, 0.3) is 5.91 Å². The van der Waals surface area contributed by atoms with Crippen LogP contribution in [0, 0.1) is 0 Å². The minimum absolute atomic E-state index is 0.00161. The van der Waals surface area contributed by atoms with Crippen molar-refractivity contribution in [2.45, 2.75) is 6.92 Å². The van der Waals surface area contributed by atoms with Crippen molar-refractivity contribution >= 4 is 40.1 Å². The van der Waals surface area contributed by atoms with Gasteiger partial charge in [0.05, 0.1) is 22.7 Å². The van der Waals surface area contributed by atoms with Crippen LogP contribution in [-0.2, 0) is 11.8 Å². The van der Waals surface area contributed by atoms with E-state index in [4.69, 9.17) is 16.3 Å². The number of nitrogens with zero attached hydrogens (tertiary/aromatic N) is 1. The average Bonchev–Trinajstić information content (AvgIpc) is 2.65. The number of ether oxygens (including phenoxy) is 1. The highest BCUT2D eigenvalue weighted by molar-refractivity contribution is 6.35. The molecule has 0 aliphatic rings. The van der Waals surface area contributed by atoms with Gasteiger partial charge in [-0.05, 0) is 43.3 Å². The van der Waals surface area contributed by atoms with Gasteiger partial charge < -0.3 is 14.6 Å². The molecule has 1 aromatic heterocycles. The Labute approximate surface area is 160 Å². The average molecular weight is 385 g/mol. The van der Waals surface area contributed by atoms with Gasteiger partial charge in [-0.25, -0.2) is 4.79 Å². The van der Waals surface area contributed by atoms with E-state index in [9.17, 15) is 14.4 Å². The van der Waals surface area contributed by atoms with Crippen LogP contribution in [0.3, 0.4) is 0 Å². The molecule has 0 saturated heterocycles. The Kier molecular flexibility index (Phi) is 5.28. The summed E-state index contributed by atoms with van der Waals surface area (Å²) >= 11 is 6.16. The van der Waals surface area contributed by atoms with Crippen LogP contribution < -0.4 is 10.7 Å². The van der Waals surface area contributed by atoms with E-state index in [1.54, 1.807) is 61.0 Å². The maximum absolute atomic E-state index is 12.7. The zero-order valence-electron chi connectivity index (χ0n) is 14.8. The van der Waals surface area contributed by atoms with Gasteiger partial charge in [0.1, 0.15) is 5.56 Å². The molecule has 0 unspecified atom stereocenters. The predicted octanol–water partition coefficient (Wildman–Crippen LogP) is 3.62. The van der Waals surface area contributed by atoms with Crippen molar-refractivity contribution in [1.82, 2.24) is 4.57 Å². The Morgan fingerprint density at radius 3 is 2.52 bits per heavy atom. The second-order valence-corrected chi connectivity index (χ2v) is 6.28. The molecule has 6 nitrogen and oxygen atoms in total. The SMILES string of the molecule is CCOC(=O)c1ccc(NC(=O)c2cn(C)c3c(Cl)cccc3c2=O)cc1. The minimum Gasteiger partial charge on any atom is -0.462 e. The third kappa shape index (κ3) is 3.71. The van der Waals surface area contributed by atoms with Gasteiger partial charge in [0.15, 0.2) is 0 Å². The summed E-state index contributed by atoms with van der Waals surface area (Å²) in [7, 11) is 1.72. The number of esters is 1. The molecule has 0 bridgehead atoms. The van der Waals surface area contributed by atoms with Crippen molar-refractivity contribution in [2.24, 2.45) is 7.05 Å². The molecular weight excluding hydrogens is 368 g/mol. The number of rotatable bonds is 4. The molecule has 0 radical (unpaired) electrons. The maximum atomic E-state index is 12.7. The molecule has 0 fully saturated rings. The highest BCUT2D eigenvalue weighted by atomic mass is 35.5. The van der Waals surface area contributed by atoms with Gasteiger partial charge in [-0.15, -0.1) is 0 Å². The van der Waals surface area contributed by atoms with E-state index in [0.29, 0.717) is 27.2 Å². The summed E-state index contributed by atoms with van der Waals surface area (Å²) in [6.45, 7) is 2.01. The highest BCUT2D eigenvalue weighted by Crippen LogP contribution is 2.21. The monoisotopic (exact) mass is 384 g/mol. The van der Waals surface area contributed by atoms with Gasteiger partial charge >= 0.3 is 5.97 Å². The van der Waals surface area contributed by atoms with Crippen LogP contribution in [0.25, 0.3) is 10.9 Å². The summed E-state index contributed by atoms with van der Waals surface area (Å²) in [5.74, 6) is -0.975. The molecule has 3 rings (SSSR count). The number of halogens is 1. The normalized spacial score (nSPS) is 10.6. The number of pyridine rings is 1. The van der Waals surface area contributed by atoms with E-state index >= 15 is 0 Å². The summed E-state index contributed by atoms with van der Waals surface area (Å²) < 4.78 is 6.57. The van der Waals surface area contributed by atoms with Gasteiger partial charge in [-0.2, -0.15) is 0 Å². The van der Waals surface area contributed by atoms with Crippen LogP contribution in [0.15, 0.2) is 53.5 Å². The Bertz CT molecular complexity index is 1090. The first-order valence-electron chi connectivity index (χ1n) is 8.28. The Hall–Kier alpha value is -3.12. The number of carbonyl (C=O) groups is 2. The molecule has 2 aromatic carbocycles. The second kappa shape index (κ2) is 7.63. The number of hydrogen-bond donors (Lipinski definition) is 1. The van der Waals surface area contributed by atoms with E-state index in [1.165, 1.54) is 6.20 Å². The topological polar surface area (TPSA) is 77.4 Å². The number of aromatic nitrogens is 1. The molecule has 0 aliphatic carbocycles. The third-order valence-corrected chi connectivity index (χ3v) is 4.36. The van der Waals surface area contributed by atoms with Crippen molar-refractivity contribution < 1.29 is 14.3 Å². The molecule has 0 aliphatic heterocycles. The lowest BCUT2D eigenvalue weighted by Gasteiger charge is -2.11. The quantitative estimate of drug-likeness (QED) is 0.697. The summed E-state index contributed by atoms with van der Waals surface area (Å²) in [5.41, 5.74) is 1.01. The summed E-state index contributed by atoms with van der Waals surface area (Å²) in [6.07, 6.45) is 1.46. The van der Waals surface area contributed by atoms with Crippen molar-refractivity contribution in [3.8, 4) is 0 Å². The molecule has 138 valence electrons. The van der Waals surface area contributed by atoms with E-state index < -0.39 is 17.3 Å². The first kappa shape index (κ1) is 18.7. The fourth-order valence-corrected chi connectivity index (χ4v) is 3.09. The van der Waals surface area contributed by atoms with E-state index in [2.05, 4.69) is 5.32 Å². The molecule has 1 N–H and O–H groups in total. The van der Waals surface area contributed by atoms with Gasteiger partial charge in [0, 0.05) is 24.3 Å². The summed E-state index contributed by atoms with van der Waals surface area (Å²) in [4.78, 5) is 36.9. The minimum atomic E-state index is -0.540. The lowest BCUT2D eigenvalue weighted by molar-refractivity contribution is 0.0526. The van der Waals surface area contributed by atoms with Gasteiger partial charge in [0.2, 0.25) is 5.43 Å². The molecule has 7 heteroatoms. The van der Waals surface area contributed by atoms with Crippen molar-refractivity contribution in [3.63, 3.8) is 0 Å². The predicted molar refractivity (Wildman–Crippen MR) is 105 cm³/mol. The zero-order chi connectivity index (χ0) is 19.6. The van der Waals surface area contributed by atoms with Crippen LogP contribution in [0.4, 0.5) is 5.69 Å². The second-order valence-electron chi connectivity index (χ2n) is 5.87. The van der Waals surface area contributed by atoms with Gasteiger partial charge in [-0.1, -0.05) is 17.7 Å². The number of benzene rings is 2. The van der Waals surface area contributed by atoms with Crippen LogP contribution in [-0.4, -0.2) is 23.1 Å². The molecule has 0 spiro atoms. The molecular formula is C20H17ClN2O4. The van der Waals surface area contributed by atoms with Crippen LogP contribution in [0.5, 0.6) is 0 Å². The molecule has 1 amide bonds. The highest BCUT2D eigenvalue weighted by Gasteiger charge is 2.16. The number of carbonyl (C=O) groups excluding carboxylic acids is 2. The Morgan fingerprint density at radius 2 is 1.85 bits per heavy atom. The van der Waals surface area contributed by atoms with Crippen LogP contribution >= 0.6 is 11.6 Å². The lowest BCUT2D eigenvalue weighted by Crippen LogP contribution is -2.23. The number of fused-ring (bicyclic) bond motifs is 1. The smallest absolute Gasteiger partial charge is 0.338 e. The van der Waals surface area contributed by atoms with E-state index in [1.807, 2.05) is 0 Å². The van der Waals surface area contributed by atoms with Crippen molar-refractivity contribution in [1.29, 1.82) is 0 Å². The van der Waals surface area contributed by atoms with Gasteiger partial charge in [-0.3, -0.25) is 9.59 Å². The van der Waals surface area contributed by atoms with E-state index in [-0.39, 0.29) is 12.2 Å². The number of para-hydroxylation sites is 1. The third-order valence-electron chi connectivity index (χ3n) is 4.05. The fraction of sp³-hybridized carbons (Fsp3) is 0.150. The summed E-state index contributed by atoms with van der Waals surface area (Å²) in [6, 6.07) is 11.2. The number of amides is 1. The Balaban J connectivity index is 1.90. The zero-order valence-corrected chi connectivity index (χ0v) is 15.5. The number of nitrogens with one attached hydrogen (secondary N) is 1. The van der Waals surface area contributed by atoms with Crippen molar-refractivity contribution in [2.75, 3.05) is 11.9 Å². The van der Waals surface area contributed by atoms with Crippen LogP contribution in [0.2, 0.25) is 5.02 Å². The molecule has 0 saturated carbocycles. The molecule has 0 atom stereocenters. The standard InChI is InChI=1S/C20H17ClN2O4/c1-3-27-20(26)12-7-9-13(10-8-12)22-19(25)15-11-23(2)17-14(18(15)24)5-4-6-16(17)21/h4-11H,3H2,1-2H3,(H,22,25). The molecule has 27 heavy (non-hydrogen) atoms. The van der Waals surface area contributed by atoms with E-state index in [0.717, 1.165) is 0 Å². The van der Waals surface area contributed by atoms with Crippen LogP contribution in [0.1, 0.15) is 27.6 Å². The number of aryl methyl sites for hydroxylation is 1.